The number of hydrogen-bond donors (Lipinski definition) is 2. The Labute approximate surface area is 89.7 Å². The lowest BCUT2D eigenvalue weighted by Crippen LogP contribution is -1.86. The maximum atomic E-state index is 8.92. The first kappa shape index (κ1) is 9.10. The number of nitriles is 1. The lowest BCUT2D eigenvalue weighted by molar-refractivity contribution is 1.41. The predicted molar refractivity (Wildman–Crippen MR) is 59.9 cm³/mol. The first-order chi connectivity index (χ1) is 6.63. The summed E-state index contributed by atoms with van der Waals surface area (Å²) in [6.45, 7) is 1.98. The molecular formula is C10H8BrN3. The Morgan fingerprint density at radius 1 is 1.50 bits per heavy atom. The van der Waals surface area contributed by atoms with Crippen molar-refractivity contribution in [2.24, 2.45) is 0 Å². The van der Waals surface area contributed by atoms with Crippen LogP contribution in [0.5, 0.6) is 0 Å². The van der Waals surface area contributed by atoms with Crippen LogP contribution in [0.2, 0.25) is 0 Å². The maximum Gasteiger partial charge on any atom is 0.119 e. The van der Waals surface area contributed by atoms with Crippen LogP contribution >= 0.6 is 15.9 Å². The molecule has 3 nitrogen and oxygen atoms in total. The minimum Gasteiger partial charge on any atom is -0.384 e. The molecule has 0 fully saturated rings. The standard InChI is InChI=1S/C10H8BrN3/c1-5-2-6(11)3-7-8(4-12)10(13)14-9(5)7/h2-3,14H,13H2,1H3. The topological polar surface area (TPSA) is 65.6 Å². The van der Waals surface area contributed by atoms with E-state index < -0.39 is 0 Å². The first-order valence-corrected chi connectivity index (χ1v) is 4.90. The fraction of sp³-hybridized carbons (Fsp3) is 0.100. The maximum absolute atomic E-state index is 8.92. The summed E-state index contributed by atoms with van der Waals surface area (Å²) >= 11 is 3.39. The quantitative estimate of drug-likeness (QED) is 0.754. The fourth-order valence-electron chi connectivity index (χ4n) is 1.57. The molecule has 14 heavy (non-hydrogen) atoms. The summed E-state index contributed by atoms with van der Waals surface area (Å²) in [5, 5.41) is 9.79. The van der Waals surface area contributed by atoms with Crippen molar-refractivity contribution in [1.82, 2.24) is 4.98 Å². The largest absolute Gasteiger partial charge is 0.384 e. The average molecular weight is 250 g/mol. The number of benzene rings is 1. The number of nitrogens with zero attached hydrogens (tertiary/aromatic N) is 1. The van der Waals surface area contributed by atoms with Gasteiger partial charge >= 0.3 is 0 Å². The fourth-order valence-corrected chi connectivity index (χ4v) is 2.14. The van der Waals surface area contributed by atoms with E-state index in [1.807, 2.05) is 19.1 Å². The average Bonchev–Trinajstić information content (AvgIpc) is 2.41. The van der Waals surface area contributed by atoms with Gasteiger partial charge in [-0.3, -0.25) is 0 Å². The third kappa shape index (κ3) is 1.17. The van der Waals surface area contributed by atoms with Crippen molar-refractivity contribution in [2.75, 3.05) is 5.73 Å². The summed E-state index contributed by atoms with van der Waals surface area (Å²) in [7, 11) is 0. The summed E-state index contributed by atoms with van der Waals surface area (Å²) in [6, 6.07) is 5.98. The third-order valence-corrected chi connectivity index (χ3v) is 2.67. The van der Waals surface area contributed by atoms with Gasteiger partial charge in [-0.1, -0.05) is 15.9 Å². The van der Waals surface area contributed by atoms with Crippen LogP contribution in [0.15, 0.2) is 16.6 Å². The minimum absolute atomic E-state index is 0.434. The van der Waals surface area contributed by atoms with Crippen LogP contribution in [0.1, 0.15) is 11.1 Å². The van der Waals surface area contributed by atoms with Crippen LogP contribution < -0.4 is 5.73 Å². The van der Waals surface area contributed by atoms with E-state index in [2.05, 4.69) is 27.0 Å². The Balaban J connectivity index is 2.97. The Kier molecular flexibility index (Phi) is 1.97. The molecule has 3 N–H and O–H groups in total. The van der Waals surface area contributed by atoms with Gasteiger partial charge in [0, 0.05) is 9.86 Å². The lowest BCUT2D eigenvalue weighted by atomic mass is 10.1. The van der Waals surface area contributed by atoms with E-state index in [0.717, 1.165) is 20.9 Å². The molecule has 0 radical (unpaired) electrons. The molecular weight excluding hydrogens is 242 g/mol. The number of aromatic amines is 1. The Hall–Kier alpha value is -1.47. The zero-order valence-corrected chi connectivity index (χ0v) is 9.14. The normalized spacial score (nSPS) is 10.4. The van der Waals surface area contributed by atoms with Crippen LogP contribution in [0, 0.1) is 18.3 Å². The van der Waals surface area contributed by atoms with Gasteiger partial charge < -0.3 is 10.7 Å². The molecule has 0 spiro atoms. The summed E-state index contributed by atoms with van der Waals surface area (Å²) in [5.41, 5.74) is 8.21. The van der Waals surface area contributed by atoms with Crippen molar-refractivity contribution < 1.29 is 0 Å². The van der Waals surface area contributed by atoms with Crippen LogP contribution in [-0.2, 0) is 0 Å². The number of nitrogens with one attached hydrogen (secondary N) is 1. The van der Waals surface area contributed by atoms with Gasteiger partial charge in [-0.25, -0.2) is 0 Å². The van der Waals surface area contributed by atoms with Crippen molar-refractivity contribution in [3.63, 3.8) is 0 Å². The SMILES string of the molecule is Cc1cc(Br)cc2c(C#N)c(N)[nH]c12. The van der Waals surface area contributed by atoms with Gasteiger partial charge in [0.15, 0.2) is 0 Å². The number of H-pyrrole nitrogens is 1. The van der Waals surface area contributed by atoms with Gasteiger partial charge in [-0.05, 0) is 24.6 Å². The highest BCUT2D eigenvalue weighted by Gasteiger charge is 2.10. The molecule has 1 aromatic heterocycles. The number of aromatic nitrogens is 1. The van der Waals surface area contributed by atoms with Crippen molar-refractivity contribution >= 4 is 32.7 Å². The second-order valence-corrected chi connectivity index (χ2v) is 4.09. The number of anilines is 1. The van der Waals surface area contributed by atoms with E-state index in [0.29, 0.717) is 11.4 Å². The predicted octanol–water partition coefficient (Wildman–Crippen LogP) is 2.69. The van der Waals surface area contributed by atoms with Crippen molar-refractivity contribution in [3.05, 3.63) is 27.7 Å². The van der Waals surface area contributed by atoms with E-state index in [1.54, 1.807) is 0 Å². The van der Waals surface area contributed by atoms with Crippen molar-refractivity contribution in [1.29, 1.82) is 5.26 Å². The summed E-state index contributed by atoms with van der Waals surface area (Å²) < 4.78 is 0.956. The Morgan fingerprint density at radius 3 is 2.86 bits per heavy atom. The molecule has 0 aliphatic carbocycles. The highest BCUT2D eigenvalue weighted by molar-refractivity contribution is 9.10. The monoisotopic (exact) mass is 249 g/mol. The number of rotatable bonds is 0. The van der Waals surface area contributed by atoms with E-state index >= 15 is 0 Å². The molecule has 4 heteroatoms. The second kappa shape index (κ2) is 3.03. The highest BCUT2D eigenvalue weighted by Crippen LogP contribution is 2.29. The molecule has 70 valence electrons. The molecule has 0 unspecified atom stereocenters. The Morgan fingerprint density at radius 2 is 2.21 bits per heavy atom. The highest BCUT2D eigenvalue weighted by atomic mass is 79.9. The zero-order valence-electron chi connectivity index (χ0n) is 7.56. The van der Waals surface area contributed by atoms with Crippen LogP contribution in [-0.4, -0.2) is 4.98 Å². The van der Waals surface area contributed by atoms with Crippen LogP contribution in [0.4, 0.5) is 5.82 Å². The Bertz CT molecular complexity index is 548. The second-order valence-electron chi connectivity index (χ2n) is 3.17. The number of fused-ring (bicyclic) bond motifs is 1. The molecule has 1 aromatic carbocycles. The number of nitrogens with two attached hydrogens (primary N) is 1. The van der Waals surface area contributed by atoms with Gasteiger partial charge in [0.25, 0.3) is 0 Å². The molecule has 0 bridgehead atoms. The van der Waals surface area contributed by atoms with E-state index in [1.165, 1.54) is 0 Å². The molecule has 2 aromatic rings. The number of aryl methyl sites for hydroxylation is 1. The van der Waals surface area contributed by atoms with Crippen LogP contribution in [0.3, 0.4) is 0 Å². The van der Waals surface area contributed by atoms with Crippen LogP contribution in [0.25, 0.3) is 10.9 Å². The smallest absolute Gasteiger partial charge is 0.119 e. The molecule has 0 aliphatic heterocycles. The molecule has 2 rings (SSSR count). The van der Waals surface area contributed by atoms with Gasteiger partial charge in [0.05, 0.1) is 5.52 Å². The number of halogens is 1. The molecule has 0 atom stereocenters. The first-order valence-electron chi connectivity index (χ1n) is 4.11. The molecule has 0 aliphatic rings. The summed E-state index contributed by atoms with van der Waals surface area (Å²) in [5.74, 6) is 0.434. The van der Waals surface area contributed by atoms with Gasteiger partial charge in [-0.15, -0.1) is 0 Å². The molecule has 0 amide bonds. The zero-order chi connectivity index (χ0) is 10.3. The van der Waals surface area contributed by atoms with E-state index in [9.17, 15) is 0 Å². The van der Waals surface area contributed by atoms with E-state index in [4.69, 9.17) is 11.0 Å². The molecule has 0 saturated heterocycles. The summed E-state index contributed by atoms with van der Waals surface area (Å²) in [4.78, 5) is 3.01. The molecule has 1 heterocycles. The van der Waals surface area contributed by atoms with Gasteiger partial charge in [0.2, 0.25) is 0 Å². The summed E-state index contributed by atoms with van der Waals surface area (Å²) in [6.07, 6.45) is 0. The van der Waals surface area contributed by atoms with Crippen molar-refractivity contribution in [2.45, 2.75) is 6.92 Å². The third-order valence-electron chi connectivity index (χ3n) is 2.21. The van der Waals surface area contributed by atoms with Gasteiger partial charge in [-0.2, -0.15) is 5.26 Å². The lowest BCUT2D eigenvalue weighted by Gasteiger charge is -1.97. The molecule has 0 saturated carbocycles. The van der Waals surface area contributed by atoms with E-state index in [-0.39, 0.29) is 0 Å². The van der Waals surface area contributed by atoms with Gasteiger partial charge in [0.1, 0.15) is 17.5 Å². The van der Waals surface area contributed by atoms with Crippen molar-refractivity contribution in [3.8, 4) is 6.07 Å². The number of nitrogen functional groups attached to an aromatic ring is 1. The minimum atomic E-state index is 0.434. The number of hydrogen-bond acceptors (Lipinski definition) is 2.